The quantitative estimate of drug-likeness (QED) is 0.424. The van der Waals surface area contributed by atoms with Gasteiger partial charge in [0.05, 0.1) is 13.3 Å². The normalized spacial score (nSPS) is 31.7. The van der Waals surface area contributed by atoms with Crippen LogP contribution in [-0.4, -0.2) is 35.2 Å². The predicted octanol–water partition coefficient (Wildman–Crippen LogP) is 6.44. The summed E-state index contributed by atoms with van der Waals surface area (Å²) in [5, 5.41) is 0.0535. The van der Waals surface area contributed by atoms with Crippen molar-refractivity contribution in [3.63, 3.8) is 0 Å². The van der Waals surface area contributed by atoms with Gasteiger partial charge in [-0.2, -0.15) is 0 Å². The van der Waals surface area contributed by atoms with Crippen LogP contribution in [0.3, 0.4) is 0 Å². The number of hydrogen-bond donors (Lipinski definition) is 0. The monoisotopic (exact) mass is 386 g/mol. The van der Waals surface area contributed by atoms with E-state index in [1.165, 1.54) is 0 Å². The van der Waals surface area contributed by atoms with Gasteiger partial charge in [0.25, 0.3) is 0 Å². The molecule has 1 aliphatic rings. The first-order chi connectivity index (χ1) is 10.8. The number of rotatable bonds is 9. The van der Waals surface area contributed by atoms with Gasteiger partial charge in [0.2, 0.25) is 16.6 Å². The smallest absolute Gasteiger partial charge is 0.222 e. The molecule has 1 heterocycles. The van der Waals surface area contributed by atoms with Gasteiger partial charge in [0, 0.05) is 5.22 Å². The minimum absolute atomic E-state index is 0.0223. The van der Waals surface area contributed by atoms with E-state index in [4.69, 9.17) is 8.85 Å². The van der Waals surface area contributed by atoms with Crippen molar-refractivity contribution in [1.82, 2.24) is 0 Å². The van der Waals surface area contributed by atoms with E-state index in [0.717, 1.165) is 25.7 Å². The van der Waals surface area contributed by atoms with Crippen molar-refractivity contribution >= 4 is 24.7 Å². The Labute approximate surface area is 154 Å². The van der Waals surface area contributed by atoms with Gasteiger partial charge in [-0.25, -0.2) is 0 Å². The van der Waals surface area contributed by atoms with Crippen molar-refractivity contribution in [1.29, 1.82) is 0 Å². The molecule has 24 heavy (non-hydrogen) atoms. The molecule has 3 atom stereocenters. The van der Waals surface area contributed by atoms with Gasteiger partial charge in [0.1, 0.15) is 0 Å². The van der Waals surface area contributed by atoms with E-state index in [9.17, 15) is 0 Å². The average Bonchev–Trinajstić information content (AvgIpc) is 2.50. The van der Waals surface area contributed by atoms with Gasteiger partial charge in [-0.15, -0.1) is 6.58 Å². The summed E-state index contributed by atoms with van der Waals surface area (Å²) in [5.74, 6) is 0. The molecule has 1 saturated heterocycles. The van der Waals surface area contributed by atoms with E-state index in [1.54, 1.807) is 0 Å². The van der Waals surface area contributed by atoms with Gasteiger partial charge in [-0.3, -0.25) is 0 Å². The van der Waals surface area contributed by atoms with Crippen LogP contribution in [0, 0.1) is 0 Å². The fourth-order valence-corrected chi connectivity index (χ4v) is 15.7. The molecule has 1 aliphatic heterocycles. The highest BCUT2D eigenvalue weighted by Crippen LogP contribution is 2.57. The molecule has 0 amide bonds. The molecule has 0 aromatic rings. The Kier molecular flexibility index (Phi) is 6.65. The molecule has 0 bridgehead atoms. The molecule has 1 rings (SSSR count). The topological polar surface area (TPSA) is 18.5 Å². The van der Waals surface area contributed by atoms with Crippen LogP contribution in [0.4, 0.5) is 0 Å². The summed E-state index contributed by atoms with van der Waals surface area (Å²) in [6.45, 7) is 27.8. The highest BCUT2D eigenvalue weighted by Gasteiger charge is 2.68. The Morgan fingerprint density at radius 3 is 1.96 bits per heavy atom. The molecule has 0 N–H and O–H groups in total. The van der Waals surface area contributed by atoms with Crippen molar-refractivity contribution in [3.05, 3.63) is 12.3 Å². The molecule has 1 fully saturated rings. The molecule has 0 radical (unpaired) electrons. The van der Waals surface area contributed by atoms with Crippen LogP contribution in [0.25, 0.3) is 0 Å². The van der Waals surface area contributed by atoms with Crippen LogP contribution in [0.15, 0.2) is 12.3 Å². The van der Waals surface area contributed by atoms with Gasteiger partial charge in [-0.1, -0.05) is 53.0 Å². The summed E-state index contributed by atoms with van der Waals surface area (Å²) in [4.78, 5) is 0. The van der Waals surface area contributed by atoms with Crippen molar-refractivity contribution in [2.75, 3.05) is 0 Å². The maximum Gasteiger partial charge on any atom is 0.222 e. The van der Waals surface area contributed by atoms with E-state index in [1.807, 2.05) is 0 Å². The summed E-state index contributed by atoms with van der Waals surface area (Å²) in [6.07, 6.45) is 4.47. The Balaban J connectivity index is 3.28. The summed E-state index contributed by atoms with van der Waals surface area (Å²) in [5.41, 5.74) is 2.74. The van der Waals surface area contributed by atoms with Crippen molar-refractivity contribution < 1.29 is 8.85 Å². The lowest BCUT2D eigenvalue weighted by Crippen LogP contribution is -2.76. The molecule has 0 aliphatic carbocycles. The second-order valence-corrected chi connectivity index (χ2v) is 23.1. The third kappa shape index (κ3) is 3.57. The van der Waals surface area contributed by atoms with Gasteiger partial charge in [0.15, 0.2) is 0 Å². The molecule has 0 aromatic heterocycles. The Morgan fingerprint density at radius 2 is 1.67 bits per heavy atom. The second-order valence-electron chi connectivity index (χ2n) is 9.52. The lowest BCUT2D eigenvalue weighted by atomic mass is 10.1. The standard InChI is InChI=1S/C19H42O2Si3/c1-12-18(13-2,22(6,7)8)21-24(11)17(5)16-19(24,14-3)20-23(9,10)15-4/h15,17H,4,12-14,16H2,1-3,5-11H3. The van der Waals surface area contributed by atoms with E-state index < -0.39 is 24.7 Å². The molecule has 5 heteroatoms. The second kappa shape index (κ2) is 7.14. The highest BCUT2D eigenvalue weighted by atomic mass is 28.4. The predicted molar refractivity (Wildman–Crippen MR) is 115 cm³/mol. The van der Waals surface area contributed by atoms with Crippen LogP contribution in [0.5, 0.6) is 0 Å². The fraction of sp³-hybridized carbons (Fsp3) is 0.895. The van der Waals surface area contributed by atoms with Crippen molar-refractivity contribution in [2.45, 2.75) is 109 Å². The van der Waals surface area contributed by atoms with Crippen LogP contribution < -0.4 is 0 Å². The summed E-state index contributed by atoms with van der Waals surface area (Å²) in [6, 6.07) is 0. The Hall–Kier alpha value is 0.311. The zero-order valence-electron chi connectivity index (χ0n) is 18.0. The van der Waals surface area contributed by atoms with E-state index >= 15 is 0 Å². The van der Waals surface area contributed by atoms with Crippen LogP contribution in [0.2, 0.25) is 44.8 Å². The summed E-state index contributed by atoms with van der Waals surface area (Å²) < 4.78 is 14.2. The summed E-state index contributed by atoms with van der Waals surface area (Å²) >= 11 is 0. The molecule has 142 valence electrons. The lowest BCUT2D eigenvalue weighted by Gasteiger charge is -2.64. The molecular weight excluding hydrogens is 344 g/mol. The average molecular weight is 387 g/mol. The van der Waals surface area contributed by atoms with Gasteiger partial charge >= 0.3 is 0 Å². The molecule has 3 unspecified atom stereocenters. The molecule has 0 aromatic carbocycles. The molecule has 2 nitrogen and oxygen atoms in total. The lowest BCUT2D eigenvalue weighted by molar-refractivity contribution is 0.0129. The molecule has 0 spiro atoms. The van der Waals surface area contributed by atoms with Crippen molar-refractivity contribution in [3.8, 4) is 0 Å². The first-order valence-electron chi connectivity index (χ1n) is 9.82. The number of hydrogen-bond acceptors (Lipinski definition) is 2. The SMILES string of the molecule is C=C[Si](C)(C)OC1(CC)CC(C)[Si]1(C)OC(CC)(CC)[Si](C)(C)C. The Morgan fingerprint density at radius 1 is 1.17 bits per heavy atom. The van der Waals surface area contributed by atoms with E-state index in [-0.39, 0.29) is 10.4 Å². The fourth-order valence-electron chi connectivity index (χ4n) is 4.67. The van der Waals surface area contributed by atoms with Crippen LogP contribution in [0.1, 0.15) is 53.4 Å². The van der Waals surface area contributed by atoms with Crippen LogP contribution in [-0.2, 0) is 8.85 Å². The van der Waals surface area contributed by atoms with Crippen molar-refractivity contribution in [2.24, 2.45) is 0 Å². The van der Waals surface area contributed by atoms with Gasteiger partial charge < -0.3 is 8.85 Å². The molecule has 0 saturated carbocycles. The largest absolute Gasteiger partial charge is 0.411 e. The first-order valence-corrected chi connectivity index (χ1v) is 18.8. The third-order valence-electron chi connectivity index (χ3n) is 6.92. The zero-order valence-corrected chi connectivity index (χ0v) is 21.0. The van der Waals surface area contributed by atoms with E-state index in [0.29, 0.717) is 5.54 Å². The Bertz CT molecular complexity index is 454. The van der Waals surface area contributed by atoms with E-state index in [2.05, 4.69) is 79.3 Å². The minimum Gasteiger partial charge on any atom is -0.411 e. The maximum atomic E-state index is 7.30. The minimum atomic E-state index is -1.99. The highest BCUT2D eigenvalue weighted by molar-refractivity contribution is 6.85. The first kappa shape index (κ1) is 22.4. The van der Waals surface area contributed by atoms with Crippen LogP contribution >= 0.6 is 0 Å². The third-order valence-corrected chi connectivity index (χ3v) is 18.1. The summed E-state index contributed by atoms with van der Waals surface area (Å²) in [7, 11) is -5.28. The molecular formula is C19H42O2Si3. The zero-order chi connectivity index (χ0) is 19.0. The van der Waals surface area contributed by atoms with Gasteiger partial charge in [-0.05, 0) is 50.9 Å². The maximum absolute atomic E-state index is 7.30.